The number of hydrogen-bond acceptors (Lipinski definition) is 5. The zero-order valence-electron chi connectivity index (χ0n) is 13.1. The quantitative estimate of drug-likeness (QED) is 0.736. The fourth-order valence-electron chi connectivity index (χ4n) is 2.09. The van der Waals surface area contributed by atoms with Gasteiger partial charge in [0.05, 0.1) is 13.2 Å². The van der Waals surface area contributed by atoms with E-state index in [2.05, 4.69) is 0 Å². The number of amides is 1. The lowest BCUT2D eigenvalue weighted by atomic mass is 10.2. The molecule has 6 nitrogen and oxygen atoms in total. The third kappa shape index (κ3) is 5.36. The van der Waals surface area contributed by atoms with Crippen LogP contribution in [0, 0.1) is 0 Å². The number of rotatable bonds is 3. The van der Waals surface area contributed by atoms with Gasteiger partial charge in [0, 0.05) is 25.7 Å². The van der Waals surface area contributed by atoms with E-state index < -0.39 is 5.60 Å². The Balaban J connectivity index is 2.46. The Morgan fingerprint density at radius 2 is 1.90 bits per heavy atom. The molecule has 0 N–H and O–H groups in total. The van der Waals surface area contributed by atoms with Crippen molar-refractivity contribution < 1.29 is 19.1 Å². The Morgan fingerprint density at radius 3 is 2.40 bits per heavy atom. The van der Waals surface area contributed by atoms with E-state index in [0.717, 1.165) is 0 Å². The molecular weight excluding hydrogens is 260 g/mol. The average molecular weight is 286 g/mol. The van der Waals surface area contributed by atoms with Gasteiger partial charge in [-0.3, -0.25) is 9.69 Å². The van der Waals surface area contributed by atoms with Crippen molar-refractivity contribution in [1.82, 2.24) is 9.80 Å². The Labute approximate surface area is 121 Å². The van der Waals surface area contributed by atoms with Crippen LogP contribution in [-0.2, 0) is 14.3 Å². The number of carbonyl (C=O) groups is 2. The summed E-state index contributed by atoms with van der Waals surface area (Å²) in [5.41, 5.74) is -0.484. The van der Waals surface area contributed by atoms with E-state index in [9.17, 15) is 9.59 Å². The van der Waals surface area contributed by atoms with Crippen LogP contribution in [0.1, 0.15) is 34.6 Å². The Morgan fingerprint density at radius 1 is 1.25 bits per heavy atom. The van der Waals surface area contributed by atoms with Crippen LogP contribution >= 0.6 is 0 Å². The largest absolute Gasteiger partial charge is 0.465 e. The van der Waals surface area contributed by atoms with Crippen molar-refractivity contribution in [1.29, 1.82) is 0 Å². The highest BCUT2D eigenvalue weighted by molar-refractivity contribution is 5.72. The molecule has 20 heavy (non-hydrogen) atoms. The first kappa shape index (κ1) is 16.8. The fourth-order valence-corrected chi connectivity index (χ4v) is 2.09. The summed E-state index contributed by atoms with van der Waals surface area (Å²) in [7, 11) is 0. The average Bonchev–Trinajstić information content (AvgIpc) is 2.29. The van der Waals surface area contributed by atoms with Crippen molar-refractivity contribution in [2.24, 2.45) is 0 Å². The molecule has 0 bridgehead atoms. The van der Waals surface area contributed by atoms with Gasteiger partial charge in [-0.15, -0.1) is 0 Å². The molecule has 0 aliphatic carbocycles. The Bertz CT molecular complexity index is 352. The predicted octanol–water partition coefficient (Wildman–Crippen LogP) is 1.49. The van der Waals surface area contributed by atoms with E-state index in [1.807, 2.05) is 32.6 Å². The topological polar surface area (TPSA) is 59.1 Å². The standard InChI is InChI=1S/C14H26N2O4/c1-6-19-12(17)10-15-7-8-16(9-11(15)2)13(18)20-14(3,4)5/h11H,6-10H2,1-5H3/t11-/m1/s1. The van der Waals surface area contributed by atoms with Crippen molar-refractivity contribution in [2.45, 2.75) is 46.3 Å². The molecule has 6 heteroatoms. The van der Waals surface area contributed by atoms with Crippen LogP contribution < -0.4 is 0 Å². The van der Waals surface area contributed by atoms with Crippen molar-refractivity contribution in [3.8, 4) is 0 Å². The molecule has 0 saturated carbocycles. The molecule has 1 rings (SSSR count). The molecule has 0 aromatic rings. The lowest BCUT2D eigenvalue weighted by molar-refractivity contribution is -0.145. The summed E-state index contributed by atoms with van der Waals surface area (Å²) in [6.07, 6.45) is -0.292. The highest BCUT2D eigenvalue weighted by Gasteiger charge is 2.30. The maximum absolute atomic E-state index is 12.0. The van der Waals surface area contributed by atoms with Crippen LogP contribution in [-0.4, -0.2) is 66.3 Å². The fraction of sp³-hybridized carbons (Fsp3) is 0.857. The second kappa shape index (κ2) is 6.92. The maximum atomic E-state index is 12.0. The van der Waals surface area contributed by atoms with Crippen molar-refractivity contribution in [3.05, 3.63) is 0 Å². The summed E-state index contributed by atoms with van der Waals surface area (Å²) in [5, 5.41) is 0. The van der Waals surface area contributed by atoms with Crippen molar-refractivity contribution in [3.63, 3.8) is 0 Å². The summed E-state index contributed by atoms with van der Waals surface area (Å²) >= 11 is 0. The first-order valence-corrected chi connectivity index (χ1v) is 7.10. The van der Waals surface area contributed by atoms with Crippen LogP contribution in [0.15, 0.2) is 0 Å². The van der Waals surface area contributed by atoms with E-state index in [4.69, 9.17) is 9.47 Å². The predicted molar refractivity (Wildman–Crippen MR) is 75.5 cm³/mol. The molecule has 0 unspecified atom stereocenters. The van der Waals surface area contributed by atoms with E-state index in [-0.39, 0.29) is 24.6 Å². The van der Waals surface area contributed by atoms with Gasteiger partial charge in [0.2, 0.25) is 0 Å². The highest BCUT2D eigenvalue weighted by atomic mass is 16.6. The van der Waals surface area contributed by atoms with Crippen LogP contribution in [0.5, 0.6) is 0 Å². The van der Waals surface area contributed by atoms with E-state index >= 15 is 0 Å². The summed E-state index contributed by atoms with van der Waals surface area (Å²) in [6.45, 7) is 11.8. The summed E-state index contributed by atoms with van der Waals surface area (Å²) in [5.74, 6) is -0.218. The maximum Gasteiger partial charge on any atom is 0.410 e. The van der Waals surface area contributed by atoms with Gasteiger partial charge in [-0.2, -0.15) is 0 Å². The number of nitrogens with zero attached hydrogens (tertiary/aromatic N) is 2. The van der Waals surface area contributed by atoms with Gasteiger partial charge in [0.25, 0.3) is 0 Å². The first-order chi connectivity index (χ1) is 9.23. The third-order valence-electron chi connectivity index (χ3n) is 3.05. The van der Waals surface area contributed by atoms with Crippen molar-refractivity contribution >= 4 is 12.1 Å². The molecule has 1 aliphatic rings. The zero-order valence-corrected chi connectivity index (χ0v) is 13.1. The van der Waals surface area contributed by atoms with Crippen LogP contribution in [0.3, 0.4) is 0 Å². The van der Waals surface area contributed by atoms with Gasteiger partial charge in [-0.05, 0) is 34.6 Å². The number of esters is 1. The molecule has 0 aromatic heterocycles. The van der Waals surface area contributed by atoms with Gasteiger partial charge in [-0.1, -0.05) is 0 Å². The van der Waals surface area contributed by atoms with Crippen LogP contribution in [0.4, 0.5) is 4.79 Å². The third-order valence-corrected chi connectivity index (χ3v) is 3.05. The smallest absolute Gasteiger partial charge is 0.410 e. The number of carbonyl (C=O) groups excluding carboxylic acids is 2. The van der Waals surface area contributed by atoms with Gasteiger partial charge in [-0.25, -0.2) is 4.79 Å². The molecular formula is C14H26N2O4. The molecule has 0 radical (unpaired) electrons. The lowest BCUT2D eigenvalue weighted by Gasteiger charge is -2.39. The zero-order chi connectivity index (χ0) is 15.3. The summed E-state index contributed by atoms with van der Waals surface area (Å²) < 4.78 is 10.3. The highest BCUT2D eigenvalue weighted by Crippen LogP contribution is 2.14. The molecule has 0 spiro atoms. The molecule has 0 aromatic carbocycles. The monoisotopic (exact) mass is 286 g/mol. The molecule has 1 atom stereocenters. The van der Waals surface area contributed by atoms with E-state index in [1.165, 1.54) is 0 Å². The second-order valence-electron chi connectivity index (χ2n) is 6.05. The summed E-state index contributed by atoms with van der Waals surface area (Å²) in [6, 6.07) is 0.112. The van der Waals surface area contributed by atoms with Gasteiger partial charge < -0.3 is 14.4 Å². The first-order valence-electron chi connectivity index (χ1n) is 7.10. The molecule has 1 amide bonds. The number of hydrogen-bond donors (Lipinski definition) is 0. The van der Waals surface area contributed by atoms with Gasteiger partial charge >= 0.3 is 12.1 Å². The SMILES string of the molecule is CCOC(=O)CN1CCN(C(=O)OC(C)(C)C)C[C@H]1C. The van der Waals surface area contributed by atoms with Crippen molar-refractivity contribution in [2.75, 3.05) is 32.8 Å². The normalized spacial score (nSPS) is 20.6. The lowest BCUT2D eigenvalue weighted by Crippen LogP contribution is -2.55. The Hall–Kier alpha value is -1.30. The molecule has 1 heterocycles. The molecule has 1 saturated heterocycles. The Kier molecular flexibility index (Phi) is 5.80. The van der Waals surface area contributed by atoms with E-state index in [0.29, 0.717) is 26.2 Å². The summed E-state index contributed by atoms with van der Waals surface area (Å²) in [4.78, 5) is 27.2. The molecule has 116 valence electrons. The number of piperazine rings is 1. The van der Waals surface area contributed by atoms with E-state index in [1.54, 1.807) is 11.8 Å². The number of ether oxygens (including phenoxy) is 2. The minimum Gasteiger partial charge on any atom is -0.465 e. The minimum absolute atomic E-state index is 0.112. The second-order valence-corrected chi connectivity index (χ2v) is 6.05. The minimum atomic E-state index is -0.484. The van der Waals surface area contributed by atoms with Gasteiger partial charge in [0.1, 0.15) is 5.60 Å². The van der Waals surface area contributed by atoms with Crippen LogP contribution in [0.25, 0.3) is 0 Å². The molecule has 1 fully saturated rings. The van der Waals surface area contributed by atoms with Gasteiger partial charge in [0.15, 0.2) is 0 Å². The van der Waals surface area contributed by atoms with Crippen LogP contribution in [0.2, 0.25) is 0 Å². The molecule has 1 aliphatic heterocycles.